The van der Waals surface area contributed by atoms with Crippen molar-refractivity contribution in [1.29, 1.82) is 0 Å². The lowest BCUT2D eigenvalue weighted by atomic mass is 10.0. The van der Waals surface area contributed by atoms with Crippen molar-refractivity contribution in [3.63, 3.8) is 0 Å². The average molecular weight is 1040 g/mol. The highest BCUT2D eigenvalue weighted by molar-refractivity contribution is 5.76. The Morgan fingerprint density at radius 3 is 0.608 bits per heavy atom. The number of aliphatic hydroxyl groups is 2. The van der Waals surface area contributed by atoms with Gasteiger partial charge >= 0.3 is 0 Å². The zero-order chi connectivity index (χ0) is 53.4. The van der Waals surface area contributed by atoms with Gasteiger partial charge in [0.15, 0.2) is 0 Å². The number of unbranched alkanes of at least 4 members (excludes halogenated alkanes) is 60. The summed E-state index contributed by atoms with van der Waals surface area (Å²) in [4.78, 5) is 12.5. The van der Waals surface area contributed by atoms with Crippen molar-refractivity contribution < 1.29 is 15.0 Å². The standard InChI is InChI=1S/C70H141NO3/c1-3-5-7-9-11-13-15-17-19-21-23-25-27-28-29-30-31-32-33-34-35-36-37-38-39-40-41-42-43-44-46-48-50-52-54-56-58-60-62-64-66-70(74)71-68(67-72)69(73)65-63-61-59-57-55-53-51-49-47-45-26-24-22-20-18-16-14-12-10-8-6-4-2/h68-69,72-73H,3-67H2,1-2H3,(H,71,74). The van der Waals surface area contributed by atoms with Gasteiger partial charge in [-0.15, -0.1) is 0 Å². The molecule has 4 heteroatoms. The van der Waals surface area contributed by atoms with E-state index in [9.17, 15) is 15.0 Å². The van der Waals surface area contributed by atoms with Gasteiger partial charge in [-0.3, -0.25) is 4.79 Å². The number of hydrogen-bond acceptors (Lipinski definition) is 3. The Morgan fingerprint density at radius 1 is 0.270 bits per heavy atom. The Hall–Kier alpha value is -0.610. The lowest BCUT2D eigenvalue weighted by Crippen LogP contribution is -2.45. The van der Waals surface area contributed by atoms with Gasteiger partial charge in [0.1, 0.15) is 0 Å². The van der Waals surface area contributed by atoms with Gasteiger partial charge in [-0.05, 0) is 12.8 Å². The van der Waals surface area contributed by atoms with Crippen LogP contribution in [0, 0.1) is 0 Å². The summed E-state index contributed by atoms with van der Waals surface area (Å²) in [6.07, 6.45) is 87.5. The Morgan fingerprint density at radius 2 is 0.432 bits per heavy atom. The monoisotopic (exact) mass is 1040 g/mol. The van der Waals surface area contributed by atoms with E-state index in [4.69, 9.17) is 0 Å². The van der Waals surface area contributed by atoms with Gasteiger partial charge in [0, 0.05) is 6.42 Å². The van der Waals surface area contributed by atoms with Crippen LogP contribution in [-0.2, 0) is 4.79 Å². The number of carbonyl (C=O) groups is 1. The third-order valence-electron chi connectivity index (χ3n) is 17.1. The molecular formula is C70H141NO3. The molecule has 0 aromatic carbocycles. The fourth-order valence-corrected chi connectivity index (χ4v) is 11.8. The molecule has 4 nitrogen and oxygen atoms in total. The molecule has 0 rings (SSSR count). The molecule has 0 aromatic rings. The predicted octanol–water partition coefficient (Wildman–Crippen LogP) is 23.8. The van der Waals surface area contributed by atoms with Crippen molar-refractivity contribution in [2.75, 3.05) is 6.61 Å². The minimum absolute atomic E-state index is 0.0196. The number of rotatable bonds is 67. The molecule has 0 saturated heterocycles. The van der Waals surface area contributed by atoms with Crippen LogP contribution >= 0.6 is 0 Å². The van der Waals surface area contributed by atoms with Crippen LogP contribution in [0.15, 0.2) is 0 Å². The van der Waals surface area contributed by atoms with Crippen molar-refractivity contribution in [3.05, 3.63) is 0 Å². The van der Waals surface area contributed by atoms with E-state index < -0.39 is 12.1 Å². The first kappa shape index (κ1) is 73.4. The van der Waals surface area contributed by atoms with E-state index in [0.29, 0.717) is 12.8 Å². The minimum Gasteiger partial charge on any atom is -0.394 e. The van der Waals surface area contributed by atoms with E-state index in [1.807, 2.05) is 0 Å². The van der Waals surface area contributed by atoms with Crippen LogP contribution in [-0.4, -0.2) is 34.9 Å². The SMILES string of the molecule is CCCCCCCCCCCCCCCCCCCCCCCCCCCCCCCCCCCCCCCCCCC(=O)NC(CO)C(O)CCCCCCCCCCCCCCCCCCCCCCCC. The lowest BCUT2D eigenvalue weighted by Gasteiger charge is -2.22. The molecule has 74 heavy (non-hydrogen) atoms. The summed E-state index contributed by atoms with van der Waals surface area (Å²) in [6, 6.07) is -0.532. The zero-order valence-corrected chi connectivity index (χ0v) is 51.4. The highest BCUT2D eigenvalue weighted by Crippen LogP contribution is 2.20. The fourth-order valence-electron chi connectivity index (χ4n) is 11.8. The van der Waals surface area contributed by atoms with Gasteiger partial charge in [0.2, 0.25) is 5.91 Å². The van der Waals surface area contributed by atoms with Crippen molar-refractivity contribution in [1.82, 2.24) is 5.32 Å². The third-order valence-corrected chi connectivity index (χ3v) is 17.1. The molecule has 0 heterocycles. The molecule has 0 fully saturated rings. The Kier molecular flexibility index (Phi) is 66.1. The number of nitrogens with one attached hydrogen (secondary N) is 1. The van der Waals surface area contributed by atoms with Crippen molar-refractivity contribution >= 4 is 5.91 Å². The molecule has 2 atom stereocenters. The largest absolute Gasteiger partial charge is 0.394 e. The lowest BCUT2D eigenvalue weighted by molar-refractivity contribution is -0.123. The van der Waals surface area contributed by atoms with Crippen LogP contribution in [0.4, 0.5) is 0 Å². The van der Waals surface area contributed by atoms with Crippen molar-refractivity contribution in [2.24, 2.45) is 0 Å². The molecule has 0 spiro atoms. The molecule has 0 saturated carbocycles. The van der Waals surface area contributed by atoms with E-state index in [1.165, 1.54) is 372 Å². The van der Waals surface area contributed by atoms with Crippen LogP contribution in [0.25, 0.3) is 0 Å². The van der Waals surface area contributed by atoms with E-state index in [-0.39, 0.29) is 12.5 Å². The first-order valence-electron chi connectivity index (χ1n) is 35.2. The summed E-state index contributed by atoms with van der Waals surface area (Å²) in [5.41, 5.74) is 0. The summed E-state index contributed by atoms with van der Waals surface area (Å²) >= 11 is 0. The molecular weight excluding hydrogens is 903 g/mol. The average Bonchev–Trinajstić information content (AvgIpc) is 3.40. The van der Waals surface area contributed by atoms with Crippen molar-refractivity contribution in [2.45, 2.75) is 437 Å². The molecule has 1 amide bonds. The Balaban J connectivity index is 3.32. The van der Waals surface area contributed by atoms with E-state index in [0.717, 1.165) is 25.7 Å². The number of aliphatic hydroxyl groups excluding tert-OH is 2. The Labute approximate surface area is 467 Å². The summed E-state index contributed by atoms with van der Waals surface area (Å²) in [6.45, 7) is 4.42. The molecule has 0 aromatic heterocycles. The first-order chi connectivity index (χ1) is 36.7. The maximum atomic E-state index is 12.5. The smallest absolute Gasteiger partial charge is 0.220 e. The normalized spacial score (nSPS) is 12.5. The van der Waals surface area contributed by atoms with Gasteiger partial charge in [-0.25, -0.2) is 0 Å². The van der Waals surface area contributed by atoms with E-state index in [1.54, 1.807) is 0 Å². The molecule has 0 aliphatic heterocycles. The van der Waals surface area contributed by atoms with Gasteiger partial charge < -0.3 is 15.5 Å². The molecule has 0 radical (unpaired) electrons. The third kappa shape index (κ3) is 62.2. The summed E-state index contributed by atoms with van der Waals surface area (Å²) in [5.74, 6) is -0.0196. The number of carbonyl (C=O) groups excluding carboxylic acids is 1. The zero-order valence-electron chi connectivity index (χ0n) is 51.4. The summed E-state index contributed by atoms with van der Waals surface area (Å²) in [7, 11) is 0. The first-order valence-corrected chi connectivity index (χ1v) is 35.2. The van der Waals surface area contributed by atoms with Crippen LogP contribution < -0.4 is 5.32 Å². The number of amides is 1. The molecule has 0 bridgehead atoms. The Bertz CT molecular complexity index is 1000. The van der Waals surface area contributed by atoms with Gasteiger partial charge in [-0.1, -0.05) is 406 Å². The highest BCUT2D eigenvalue weighted by atomic mass is 16.3. The van der Waals surface area contributed by atoms with Crippen LogP contribution in [0.1, 0.15) is 425 Å². The molecule has 0 aliphatic rings. The molecule has 2 unspecified atom stereocenters. The van der Waals surface area contributed by atoms with Gasteiger partial charge in [0.25, 0.3) is 0 Å². The minimum atomic E-state index is -0.656. The van der Waals surface area contributed by atoms with Gasteiger partial charge in [0.05, 0.1) is 18.8 Å². The molecule has 0 aliphatic carbocycles. The van der Waals surface area contributed by atoms with Crippen LogP contribution in [0.3, 0.4) is 0 Å². The number of hydrogen-bond donors (Lipinski definition) is 3. The van der Waals surface area contributed by atoms with E-state index >= 15 is 0 Å². The van der Waals surface area contributed by atoms with Crippen LogP contribution in [0.2, 0.25) is 0 Å². The predicted molar refractivity (Wildman–Crippen MR) is 332 cm³/mol. The maximum Gasteiger partial charge on any atom is 0.220 e. The van der Waals surface area contributed by atoms with Crippen LogP contribution in [0.5, 0.6) is 0 Å². The van der Waals surface area contributed by atoms with Gasteiger partial charge in [-0.2, -0.15) is 0 Å². The second-order valence-corrected chi connectivity index (χ2v) is 24.7. The molecule has 444 valence electrons. The highest BCUT2D eigenvalue weighted by Gasteiger charge is 2.20. The van der Waals surface area contributed by atoms with E-state index in [2.05, 4.69) is 19.2 Å². The maximum absolute atomic E-state index is 12.5. The summed E-state index contributed by atoms with van der Waals surface area (Å²) < 4.78 is 0. The topological polar surface area (TPSA) is 69.6 Å². The summed E-state index contributed by atoms with van der Waals surface area (Å²) in [5, 5.41) is 23.4. The second kappa shape index (κ2) is 66.7. The second-order valence-electron chi connectivity index (χ2n) is 24.7. The fraction of sp³-hybridized carbons (Fsp3) is 0.986. The quantitative estimate of drug-likeness (QED) is 0.0532. The van der Waals surface area contributed by atoms with Crippen molar-refractivity contribution in [3.8, 4) is 0 Å². The molecule has 3 N–H and O–H groups in total.